The highest BCUT2D eigenvalue weighted by Gasteiger charge is 2.01. The maximum atomic E-state index is 13.0. The van der Waals surface area contributed by atoms with E-state index < -0.39 is 5.82 Å². The average molecular weight is 232 g/mol. The predicted molar refractivity (Wildman–Crippen MR) is 59.8 cm³/mol. The van der Waals surface area contributed by atoms with Crippen LogP contribution in [0, 0.1) is 5.82 Å². The van der Waals surface area contributed by atoms with Crippen LogP contribution in [0.4, 0.5) is 4.39 Å². The molecule has 0 atom stereocenters. The van der Waals surface area contributed by atoms with Crippen molar-refractivity contribution >= 4 is 11.6 Å². The number of hydrogen-bond donors (Lipinski definition) is 1. The lowest BCUT2D eigenvalue weighted by atomic mass is 10.2. The van der Waals surface area contributed by atoms with E-state index in [1.54, 1.807) is 6.07 Å². The molecule has 0 spiro atoms. The molecule has 0 unspecified atom stereocenters. The molecule has 2 nitrogen and oxygen atoms in total. The van der Waals surface area contributed by atoms with E-state index in [1.807, 2.05) is 0 Å². The summed E-state index contributed by atoms with van der Waals surface area (Å²) in [6, 6.07) is 4.45. The highest BCUT2D eigenvalue weighted by molar-refractivity contribution is 6.30. The van der Waals surface area contributed by atoms with Crippen LogP contribution < -0.4 is 10.5 Å². The molecule has 0 fully saturated rings. The lowest BCUT2D eigenvalue weighted by Crippen LogP contribution is -2.01. The first-order valence-corrected chi connectivity index (χ1v) is 5.40. The second kappa shape index (κ2) is 6.64. The van der Waals surface area contributed by atoms with Gasteiger partial charge in [-0.15, -0.1) is 0 Å². The zero-order chi connectivity index (χ0) is 11.1. The number of benzene rings is 1. The summed E-state index contributed by atoms with van der Waals surface area (Å²) in [5.41, 5.74) is 5.35. The maximum absolute atomic E-state index is 13.0. The second-order valence-corrected chi connectivity index (χ2v) is 3.68. The van der Waals surface area contributed by atoms with Crippen molar-refractivity contribution < 1.29 is 9.13 Å². The van der Waals surface area contributed by atoms with E-state index in [0.717, 1.165) is 19.3 Å². The van der Waals surface area contributed by atoms with Crippen molar-refractivity contribution in [3.05, 3.63) is 29.0 Å². The van der Waals surface area contributed by atoms with E-state index in [4.69, 9.17) is 22.1 Å². The normalized spacial score (nSPS) is 10.3. The Labute approximate surface area is 94.2 Å². The summed E-state index contributed by atoms with van der Waals surface area (Å²) < 4.78 is 18.3. The van der Waals surface area contributed by atoms with Crippen molar-refractivity contribution in [2.45, 2.75) is 19.3 Å². The third-order valence-corrected chi connectivity index (χ3v) is 2.31. The van der Waals surface area contributed by atoms with Crippen molar-refractivity contribution in [3.8, 4) is 5.75 Å². The Morgan fingerprint density at radius 2 is 2.07 bits per heavy atom. The van der Waals surface area contributed by atoms with E-state index in [2.05, 4.69) is 0 Å². The van der Waals surface area contributed by atoms with Gasteiger partial charge in [-0.1, -0.05) is 11.6 Å². The lowest BCUT2D eigenvalue weighted by molar-refractivity contribution is 0.304. The molecule has 15 heavy (non-hydrogen) atoms. The zero-order valence-electron chi connectivity index (χ0n) is 8.51. The van der Waals surface area contributed by atoms with Crippen LogP contribution in [0.25, 0.3) is 0 Å². The van der Waals surface area contributed by atoms with Crippen molar-refractivity contribution in [2.24, 2.45) is 5.73 Å². The molecular weight excluding hydrogens is 217 g/mol. The maximum Gasteiger partial charge on any atom is 0.145 e. The van der Waals surface area contributed by atoms with Crippen molar-refractivity contribution in [3.63, 3.8) is 0 Å². The Morgan fingerprint density at radius 1 is 1.27 bits per heavy atom. The fourth-order valence-electron chi connectivity index (χ4n) is 1.18. The van der Waals surface area contributed by atoms with E-state index in [1.165, 1.54) is 12.1 Å². The molecule has 0 aliphatic carbocycles. The third kappa shape index (κ3) is 4.49. The van der Waals surface area contributed by atoms with Crippen LogP contribution >= 0.6 is 11.6 Å². The van der Waals surface area contributed by atoms with Gasteiger partial charge in [0.05, 0.1) is 11.6 Å². The minimum Gasteiger partial charge on any atom is -0.493 e. The molecule has 84 valence electrons. The predicted octanol–water partition coefficient (Wildman–Crippen LogP) is 2.99. The zero-order valence-corrected chi connectivity index (χ0v) is 9.27. The fraction of sp³-hybridized carbons (Fsp3) is 0.455. The topological polar surface area (TPSA) is 35.2 Å². The van der Waals surface area contributed by atoms with Gasteiger partial charge >= 0.3 is 0 Å². The van der Waals surface area contributed by atoms with Crippen LogP contribution in [0.5, 0.6) is 5.75 Å². The van der Waals surface area contributed by atoms with Gasteiger partial charge in [-0.2, -0.15) is 0 Å². The van der Waals surface area contributed by atoms with E-state index in [9.17, 15) is 4.39 Å². The molecule has 0 radical (unpaired) electrons. The molecule has 2 N–H and O–H groups in total. The van der Waals surface area contributed by atoms with Crippen LogP contribution in [0.1, 0.15) is 19.3 Å². The number of rotatable bonds is 6. The molecule has 0 saturated carbocycles. The molecule has 4 heteroatoms. The third-order valence-electron chi connectivity index (χ3n) is 2.01. The molecule has 1 aromatic rings. The summed E-state index contributed by atoms with van der Waals surface area (Å²) in [5.74, 6) is 0.0702. The molecule has 1 rings (SSSR count). The Balaban J connectivity index is 2.28. The van der Waals surface area contributed by atoms with Crippen LogP contribution in [0.3, 0.4) is 0 Å². The van der Waals surface area contributed by atoms with Gasteiger partial charge in [0.2, 0.25) is 0 Å². The molecule has 1 aromatic carbocycles. The smallest absolute Gasteiger partial charge is 0.145 e. The first-order valence-electron chi connectivity index (χ1n) is 5.02. The lowest BCUT2D eigenvalue weighted by Gasteiger charge is -2.06. The molecule has 0 aliphatic rings. The Bertz CT molecular complexity index is 307. The number of halogens is 2. The number of nitrogens with two attached hydrogens (primary N) is 1. The quantitative estimate of drug-likeness (QED) is 0.764. The molecule has 0 saturated heterocycles. The first kappa shape index (κ1) is 12.3. The van der Waals surface area contributed by atoms with Gasteiger partial charge in [0, 0.05) is 6.07 Å². The summed E-state index contributed by atoms with van der Waals surface area (Å²) in [5, 5.41) is 0.116. The average Bonchev–Trinajstić information content (AvgIpc) is 2.23. The Morgan fingerprint density at radius 3 is 2.73 bits per heavy atom. The summed E-state index contributed by atoms with van der Waals surface area (Å²) in [7, 11) is 0. The van der Waals surface area contributed by atoms with E-state index >= 15 is 0 Å². The van der Waals surface area contributed by atoms with Crippen molar-refractivity contribution in [1.82, 2.24) is 0 Å². The minimum atomic E-state index is -0.448. The number of hydrogen-bond acceptors (Lipinski definition) is 2. The molecule has 0 aromatic heterocycles. The van der Waals surface area contributed by atoms with Crippen LogP contribution in [-0.2, 0) is 0 Å². The SMILES string of the molecule is NCCCCCOc1ccc(Cl)c(F)c1. The van der Waals surface area contributed by atoms with Crippen molar-refractivity contribution in [1.29, 1.82) is 0 Å². The summed E-state index contributed by atoms with van der Waals surface area (Å²) >= 11 is 5.54. The van der Waals surface area contributed by atoms with Crippen molar-refractivity contribution in [2.75, 3.05) is 13.2 Å². The van der Waals surface area contributed by atoms with Gasteiger partial charge in [-0.25, -0.2) is 4.39 Å². The van der Waals surface area contributed by atoms with Gasteiger partial charge in [0.1, 0.15) is 11.6 Å². The van der Waals surface area contributed by atoms with Crippen LogP contribution in [-0.4, -0.2) is 13.2 Å². The monoisotopic (exact) mass is 231 g/mol. The Hall–Kier alpha value is -0.800. The number of ether oxygens (including phenoxy) is 1. The van der Waals surface area contributed by atoms with Gasteiger partial charge in [0.15, 0.2) is 0 Å². The van der Waals surface area contributed by atoms with E-state index in [0.29, 0.717) is 18.9 Å². The van der Waals surface area contributed by atoms with Gasteiger partial charge in [-0.05, 0) is 37.9 Å². The van der Waals surface area contributed by atoms with Crippen LogP contribution in [0.2, 0.25) is 5.02 Å². The van der Waals surface area contributed by atoms with Crippen LogP contribution in [0.15, 0.2) is 18.2 Å². The second-order valence-electron chi connectivity index (χ2n) is 3.27. The minimum absolute atomic E-state index is 0.116. The molecular formula is C11H15ClFNO. The molecule has 0 amide bonds. The number of unbranched alkanes of at least 4 members (excludes halogenated alkanes) is 2. The van der Waals surface area contributed by atoms with Gasteiger partial charge in [-0.3, -0.25) is 0 Å². The molecule has 0 bridgehead atoms. The summed E-state index contributed by atoms with van der Waals surface area (Å²) in [6.45, 7) is 1.29. The standard InChI is InChI=1S/C11H15ClFNO/c12-10-5-4-9(8-11(10)13)15-7-3-1-2-6-14/h4-5,8H,1-3,6-7,14H2. The summed E-state index contributed by atoms with van der Waals surface area (Å²) in [6.07, 6.45) is 2.96. The molecule has 0 aliphatic heterocycles. The molecule has 0 heterocycles. The van der Waals surface area contributed by atoms with Gasteiger partial charge < -0.3 is 10.5 Å². The van der Waals surface area contributed by atoms with E-state index in [-0.39, 0.29) is 5.02 Å². The first-order chi connectivity index (χ1) is 7.24. The Kier molecular flexibility index (Phi) is 5.43. The highest BCUT2D eigenvalue weighted by atomic mass is 35.5. The fourth-order valence-corrected chi connectivity index (χ4v) is 1.30. The summed E-state index contributed by atoms with van der Waals surface area (Å²) in [4.78, 5) is 0. The largest absolute Gasteiger partial charge is 0.493 e. The highest BCUT2D eigenvalue weighted by Crippen LogP contribution is 2.20. The van der Waals surface area contributed by atoms with Gasteiger partial charge in [0.25, 0.3) is 0 Å².